The number of nitro benzene ring substituents is 1. The Kier molecular flexibility index (Phi) is 3.96. The zero-order chi connectivity index (χ0) is 13.8. The predicted molar refractivity (Wildman–Crippen MR) is 70.9 cm³/mol. The van der Waals surface area contributed by atoms with Crippen LogP contribution in [0.3, 0.4) is 0 Å². The third-order valence-electron chi connectivity index (χ3n) is 3.16. The smallest absolute Gasteiger partial charge is 0.321 e. The van der Waals surface area contributed by atoms with Gasteiger partial charge in [-0.15, -0.1) is 0 Å². The van der Waals surface area contributed by atoms with Gasteiger partial charge < -0.3 is 16.0 Å². The first-order valence-electron chi connectivity index (χ1n) is 6.12. The van der Waals surface area contributed by atoms with Crippen LogP contribution >= 0.6 is 0 Å². The number of nitrogens with two attached hydrogens (primary N) is 1. The van der Waals surface area contributed by atoms with Gasteiger partial charge in [0.1, 0.15) is 0 Å². The molecule has 102 valence electrons. The molecule has 0 aromatic heterocycles. The molecule has 0 unspecified atom stereocenters. The Bertz CT molecular complexity index is 466. The number of carbonyl (C=O) groups is 1. The topological polar surface area (TPSA) is 102 Å². The Morgan fingerprint density at radius 1 is 1.32 bits per heavy atom. The van der Waals surface area contributed by atoms with Crippen LogP contribution in [0.25, 0.3) is 0 Å². The lowest BCUT2D eigenvalue weighted by Crippen LogP contribution is -2.44. The number of hydrogen-bond donors (Lipinski definition) is 2. The fourth-order valence-corrected chi connectivity index (χ4v) is 1.97. The van der Waals surface area contributed by atoms with Crippen LogP contribution in [0.5, 0.6) is 0 Å². The molecule has 1 aromatic rings. The van der Waals surface area contributed by atoms with Crippen molar-refractivity contribution in [3.8, 4) is 0 Å². The molecule has 7 heteroatoms. The lowest BCUT2D eigenvalue weighted by molar-refractivity contribution is -0.384. The van der Waals surface area contributed by atoms with Crippen LogP contribution in [0.15, 0.2) is 24.3 Å². The molecule has 1 aliphatic rings. The highest BCUT2D eigenvalue weighted by Crippen LogP contribution is 2.16. The van der Waals surface area contributed by atoms with Gasteiger partial charge in [-0.05, 0) is 25.0 Å². The van der Waals surface area contributed by atoms with E-state index >= 15 is 0 Å². The monoisotopic (exact) mass is 264 g/mol. The molecule has 2 rings (SSSR count). The first-order chi connectivity index (χ1) is 9.06. The Morgan fingerprint density at radius 2 is 1.89 bits per heavy atom. The van der Waals surface area contributed by atoms with Crippen molar-refractivity contribution in [1.29, 1.82) is 0 Å². The van der Waals surface area contributed by atoms with Gasteiger partial charge in [-0.2, -0.15) is 0 Å². The van der Waals surface area contributed by atoms with Gasteiger partial charge in [0.25, 0.3) is 5.69 Å². The van der Waals surface area contributed by atoms with Gasteiger partial charge in [0.05, 0.1) is 4.92 Å². The average Bonchev–Trinajstić information content (AvgIpc) is 2.40. The van der Waals surface area contributed by atoms with Crippen LogP contribution < -0.4 is 11.1 Å². The number of likely N-dealkylation sites (tertiary alicyclic amines) is 1. The minimum atomic E-state index is -0.475. The normalized spacial score (nSPS) is 16.2. The molecule has 0 saturated carbocycles. The number of anilines is 1. The number of hydrogen-bond acceptors (Lipinski definition) is 4. The van der Waals surface area contributed by atoms with Gasteiger partial charge in [-0.25, -0.2) is 4.79 Å². The minimum Gasteiger partial charge on any atom is -0.328 e. The maximum absolute atomic E-state index is 11.9. The molecule has 1 aromatic carbocycles. The molecule has 0 spiro atoms. The Balaban J connectivity index is 1.93. The molecule has 2 amide bonds. The molecule has 0 radical (unpaired) electrons. The first kappa shape index (κ1) is 13.3. The number of nitrogens with one attached hydrogen (secondary N) is 1. The summed E-state index contributed by atoms with van der Waals surface area (Å²) in [6.45, 7) is 1.28. The molecule has 1 saturated heterocycles. The summed E-state index contributed by atoms with van der Waals surface area (Å²) in [6.07, 6.45) is 1.60. The summed E-state index contributed by atoms with van der Waals surface area (Å²) in [5.74, 6) is 0. The van der Waals surface area contributed by atoms with Gasteiger partial charge in [-0.1, -0.05) is 0 Å². The van der Waals surface area contributed by atoms with Crippen molar-refractivity contribution in [3.05, 3.63) is 34.4 Å². The summed E-state index contributed by atoms with van der Waals surface area (Å²) in [6, 6.07) is 5.74. The van der Waals surface area contributed by atoms with E-state index in [2.05, 4.69) is 5.32 Å². The Hall–Kier alpha value is -2.15. The molecule has 7 nitrogen and oxygen atoms in total. The minimum absolute atomic E-state index is 0.00180. The maximum atomic E-state index is 11.9. The van der Waals surface area contributed by atoms with E-state index in [1.54, 1.807) is 4.90 Å². The molecule has 0 aliphatic carbocycles. The van der Waals surface area contributed by atoms with E-state index in [1.807, 2.05) is 0 Å². The van der Waals surface area contributed by atoms with Crippen molar-refractivity contribution >= 4 is 17.4 Å². The standard InChI is InChI=1S/C12H16N4O3/c13-9-5-7-15(8-6-9)12(17)14-10-1-3-11(4-2-10)16(18)19/h1-4,9H,5-8,13H2,(H,14,17). The molecule has 19 heavy (non-hydrogen) atoms. The molecule has 1 aliphatic heterocycles. The summed E-state index contributed by atoms with van der Waals surface area (Å²) in [5, 5.41) is 13.2. The second kappa shape index (κ2) is 5.66. The SMILES string of the molecule is NC1CCN(C(=O)Nc2ccc([N+](=O)[O-])cc2)CC1. The van der Waals surface area contributed by atoms with E-state index in [0.717, 1.165) is 12.8 Å². The number of rotatable bonds is 2. The summed E-state index contributed by atoms with van der Waals surface area (Å²) < 4.78 is 0. The molecule has 3 N–H and O–H groups in total. The van der Waals surface area contributed by atoms with Gasteiger partial charge in [0, 0.05) is 37.0 Å². The van der Waals surface area contributed by atoms with Crippen LogP contribution in [-0.4, -0.2) is 35.0 Å². The lowest BCUT2D eigenvalue weighted by atomic mass is 10.1. The summed E-state index contributed by atoms with van der Waals surface area (Å²) in [5.41, 5.74) is 6.32. The highest BCUT2D eigenvalue weighted by Gasteiger charge is 2.20. The van der Waals surface area contributed by atoms with Crippen LogP contribution in [0.1, 0.15) is 12.8 Å². The van der Waals surface area contributed by atoms with Crippen LogP contribution in [0, 0.1) is 10.1 Å². The number of carbonyl (C=O) groups excluding carboxylic acids is 1. The zero-order valence-corrected chi connectivity index (χ0v) is 10.4. The third kappa shape index (κ3) is 3.41. The lowest BCUT2D eigenvalue weighted by Gasteiger charge is -2.30. The molecule has 0 atom stereocenters. The van der Waals surface area contributed by atoms with Crippen molar-refractivity contribution < 1.29 is 9.72 Å². The summed E-state index contributed by atoms with van der Waals surface area (Å²) in [7, 11) is 0. The van der Waals surface area contributed by atoms with Crippen molar-refractivity contribution in [3.63, 3.8) is 0 Å². The second-order valence-electron chi connectivity index (χ2n) is 4.56. The number of benzene rings is 1. The predicted octanol–water partition coefficient (Wildman–Crippen LogP) is 1.55. The van der Waals surface area contributed by atoms with E-state index in [1.165, 1.54) is 24.3 Å². The highest BCUT2D eigenvalue weighted by atomic mass is 16.6. The van der Waals surface area contributed by atoms with Gasteiger partial charge in [-0.3, -0.25) is 10.1 Å². The van der Waals surface area contributed by atoms with Crippen molar-refractivity contribution in [1.82, 2.24) is 4.90 Å². The number of piperidine rings is 1. The summed E-state index contributed by atoms with van der Waals surface area (Å²) >= 11 is 0. The van der Waals surface area contributed by atoms with Crippen molar-refractivity contribution in [2.24, 2.45) is 5.73 Å². The largest absolute Gasteiger partial charge is 0.328 e. The van der Waals surface area contributed by atoms with Crippen LogP contribution in [0.2, 0.25) is 0 Å². The Labute approximate surface area is 110 Å². The zero-order valence-electron chi connectivity index (χ0n) is 10.4. The third-order valence-corrected chi connectivity index (χ3v) is 3.16. The second-order valence-corrected chi connectivity index (χ2v) is 4.56. The first-order valence-corrected chi connectivity index (χ1v) is 6.12. The average molecular weight is 264 g/mol. The van der Waals surface area contributed by atoms with E-state index < -0.39 is 4.92 Å². The van der Waals surface area contributed by atoms with E-state index in [-0.39, 0.29) is 17.8 Å². The molecule has 1 fully saturated rings. The Morgan fingerprint density at radius 3 is 2.42 bits per heavy atom. The number of amides is 2. The highest BCUT2D eigenvalue weighted by molar-refractivity contribution is 5.89. The molecular weight excluding hydrogens is 248 g/mol. The van der Waals surface area contributed by atoms with E-state index in [0.29, 0.717) is 18.8 Å². The van der Waals surface area contributed by atoms with Gasteiger partial charge in [0.2, 0.25) is 0 Å². The molecule has 1 heterocycles. The van der Waals surface area contributed by atoms with Crippen LogP contribution in [-0.2, 0) is 0 Å². The van der Waals surface area contributed by atoms with Gasteiger partial charge >= 0.3 is 6.03 Å². The fourth-order valence-electron chi connectivity index (χ4n) is 1.97. The van der Waals surface area contributed by atoms with Gasteiger partial charge in [0.15, 0.2) is 0 Å². The number of nitro groups is 1. The summed E-state index contributed by atoms with van der Waals surface area (Å²) in [4.78, 5) is 23.7. The fraction of sp³-hybridized carbons (Fsp3) is 0.417. The number of nitrogens with zero attached hydrogens (tertiary/aromatic N) is 2. The van der Waals surface area contributed by atoms with Crippen molar-refractivity contribution in [2.75, 3.05) is 18.4 Å². The molecular formula is C12H16N4O3. The maximum Gasteiger partial charge on any atom is 0.321 e. The van der Waals surface area contributed by atoms with Crippen molar-refractivity contribution in [2.45, 2.75) is 18.9 Å². The number of urea groups is 1. The van der Waals surface area contributed by atoms with Crippen LogP contribution in [0.4, 0.5) is 16.2 Å². The quantitative estimate of drug-likeness (QED) is 0.625. The molecule has 0 bridgehead atoms. The number of non-ortho nitro benzene ring substituents is 1. The van der Waals surface area contributed by atoms with E-state index in [9.17, 15) is 14.9 Å². The van der Waals surface area contributed by atoms with E-state index in [4.69, 9.17) is 5.73 Å².